The third kappa shape index (κ3) is 4.87. The molecule has 1 saturated heterocycles. The van der Waals surface area contributed by atoms with Crippen LogP contribution in [0.2, 0.25) is 0 Å². The molecule has 1 unspecified atom stereocenters. The van der Waals surface area contributed by atoms with Crippen LogP contribution in [0.5, 0.6) is 0 Å². The van der Waals surface area contributed by atoms with Gasteiger partial charge in [0.15, 0.2) is 0 Å². The standard InChI is InChI=1S/C11H22ClN/c1-2-11(12)7-10-13-8-5-3-4-6-9-13/h11H,2-10H2,1H3. The minimum atomic E-state index is 0.392. The normalized spacial score (nSPS) is 22.6. The third-order valence-electron chi connectivity index (χ3n) is 2.90. The molecule has 78 valence electrons. The van der Waals surface area contributed by atoms with Crippen LogP contribution in [-0.2, 0) is 0 Å². The summed E-state index contributed by atoms with van der Waals surface area (Å²) in [6.45, 7) is 5.97. The fourth-order valence-corrected chi connectivity index (χ4v) is 1.98. The number of likely N-dealkylation sites (tertiary alicyclic amines) is 1. The van der Waals surface area contributed by atoms with Crippen molar-refractivity contribution < 1.29 is 0 Å². The van der Waals surface area contributed by atoms with Crippen LogP contribution < -0.4 is 0 Å². The SMILES string of the molecule is CCC(Cl)CCN1CCCCCC1. The minimum Gasteiger partial charge on any atom is -0.303 e. The molecule has 0 N–H and O–H groups in total. The lowest BCUT2D eigenvalue weighted by Crippen LogP contribution is -2.27. The maximum absolute atomic E-state index is 6.10. The molecule has 0 aliphatic carbocycles. The molecule has 2 heteroatoms. The van der Waals surface area contributed by atoms with Crippen molar-refractivity contribution in [2.75, 3.05) is 19.6 Å². The zero-order valence-corrected chi connectivity index (χ0v) is 9.52. The lowest BCUT2D eigenvalue weighted by Gasteiger charge is -2.20. The van der Waals surface area contributed by atoms with Crippen LogP contribution in [-0.4, -0.2) is 29.9 Å². The first-order valence-corrected chi connectivity index (χ1v) is 6.13. The highest BCUT2D eigenvalue weighted by atomic mass is 35.5. The molecular weight excluding hydrogens is 182 g/mol. The second kappa shape index (κ2) is 6.67. The number of halogens is 1. The van der Waals surface area contributed by atoms with E-state index >= 15 is 0 Å². The van der Waals surface area contributed by atoms with E-state index in [9.17, 15) is 0 Å². The average Bonchev–Trinajstić information content (AvgIpc) is 2.42. The van der Waals surface area contributed by atoms with Gasteiger partial charge in [0.1, 0.15) is 0 Å². The van der Waals surface area contributed by atoms with Crippen LogP contribution in [0.4, 0.5) is 0 Å². The second-order valence-corrected chi connectivity index (χ2v) is 4.67. The van der Waals surface area contributed by atoms with Crippen LogP contribution in [0.1, 0.15) is 45.4 Å². The molecule has 1 fully saturated rings. The first kappa shape index (κ1) is 11.3. The van der Waals surface area contributed by atoms with Gasteiger partial charge in [0.25, 0.3) is 0 Å². The predicted octanol–water partition coefficient (Wildman–Crippen LogP) is 3.27. The highest BCUT2D eigenvalue weighted by Gasteiger charge is 2.10. The molecule has 1 rings (SSSR count). The van der Waals surface area contributed by atoms with Gasteiger partial charge in [0.05, 0.1) is 0 Å². The van der Waals surface area contributed by atoms with E-state index < -0.39 is 0 Å². The van der Waals surface area contributed by atoms with Gasteiger partial charge in [-0.25, -0.2) is 0 Å². The smallest absolute Gasteiger partial charge is 0.0345 e. The summed E-state index contributed by atoms with van der Waals surface area (Å²) in [4.78, 5) is 2.58. The zero-order chi connectivity index (χ0) is 9.52. The first-order chi connectivity index (χ1) is 6.33. The van der Waals surface area contributed by atoms with E-state index in [4.69, 9.17) is 11.6 Å². The van der Waals surface area contributed by atoms with E-state index in [1.165, 1.54) is 45.3 Å². The lowest BCUT2D eigenvalue weighted by molar-refractivity contribution is 0.279. The predicted molar refractivity (Wildman–Crippen MR) is 59.5 cm³/mol. The Morgan fingerprint density at radius 2 is 1.77 bits per heavy atom. The summed E-state index contributed by atoms with van der Waals surface area (Å²) in [5, 5.41) is 0.392. The summed E-state index contributed by atoms with van der Waals surface area (Å²) >= 11 is 6.10. The van der Waals surface area contributed by atoms with Gasteiger partial charge in [-0.2, -0.15) is 0 Å². The molecule has 1 heterocycles. The topological polar surface area (TPSA) is 3.24 Å². The van der Waals surface area contributed by atoms with Crippen molar-refractivity contribution in [3.05, 3.63) is 0 Å². The van der Waals surface area contributed by atoms with E-state index in [-0.39, 0.29) is 0 Å². The molecule has 0 radical (unpaired) electrons. The molecule has 0 aromatic carbocycles. The van der Waals surface area contributed by atoms with E-state index in [1.807, 2.05) is 0 Å². The van der Waals surface area contributed by atoms with Crippen molar-refractivity contribution in [1.82, 2.24) is 4.90 Å². The van der Waals surface area contributed by atoms with Crippen LogP contribution in [0.15, 0.2) is 0 Å². The molecule has 1 aliphatic heterocycles. The molecule has 13 heavy (non-hydrogen) atoms. The Balaban J connectivity index is 2.11. The molecule has 1 nitrogen and oxygen atoms in total. The van der Waals surface area contributed by atoms with Crippen molar-refractivity contribution in [2.45, 2.75) is 50.8 Å². The van der Waals surface area contributed by atoms with Gasteiger partial charge in [-0.3, -0.25) is 0 Å². The van der Waals surface area contributed by atoms with Crippen molar-refractivity contribution in [2.24, 2.45) is 0 Å². The van der Waals surface area contributed by atoms with Gasteiger partial charge >= 0.3 is 0 Å². The van der Waals surface area contributed by atoms with Gasteiger partial charge < -0.3 is 4.90 Å². The molecule has 0 spiro atoms. The van der Waals surface area contributed by atoms with Crippen LogP contribution in [0.25, 0.3) is 0 Å². The second-order valence-electron chi connectivity index (χ2n) is 4.05. The number of rotatable bonds is 4. The number of hydrogen-bond donors (Lipinski definition) is 0. The van der Waals surface area contributed by atoms with E-state index in [0.29, 0.717) is 5.38 Å². The summed E-state index contributed by atoms with van der Waals surface area (Å²) in [5.74, 6) is 0. The highest BCUT2D eigenvalue weighted by molar-refractivity contribution is 6.20. The fraction of sp³-hybridized carbons (Fsp3) is 1.00. The van der Waals surface area contributed by atoms with Crippen molar-refractivity contribution in [3.8, 4) is 0 Å². The van der Waals surface area contributed by atoms with Gasteiger partial charge in [-0.05, 0) is 45.3 Å². The van der Waals surface area contributed by atoms with Crippen LogP contribution in [0, 0.1) is 0 Å². The summed E-state index contributed by atoms with van der Waals surface area (Å²) in [5.41, 5.74) is 0. The zero-order valence-electron chi connectivity index (χ0n) is 8.77. The number of hydrogen-bond acceptors (Lipinski definition) is 1. The van der Waals surface area contributed by atoms with Crippen molar-refractivity contribution in [1.29, 1.82) is 0 Å². The molecule has 1 aliphatic rings. The largest absolute Gasteiger partial charge is 0.303 e. The number of nitrogens with zero attached hydrogens (tertiary/aromatic N) is 1. The molecule has 0 aromatic rings. The highest BCUT2D eigenvalue weighted by Crippen LogP contribution is 2.12. The summed E-state index contributed by atoms with van der Waals surface area (Å²) < 4.78 is 0. The lowest BCUT2D eigenvalue weighted by atomic mass is 10.2. The van der Waals surface area contributed by atoms with Crippen LogP contribution in [0.3, 0.4) is 0 Å². The Morgan fingerprint density at radius 3 is 2.31 bits per heavy atom. The van der Waals surface area contributed by atoms with Gasteiger partial charge in [-0.15, -0.1) is 11.6 Å². The third-order valence-corrected chi connectivity index (χ3v) is 3.43. The Labute approximate surface area is 87.4 Å². The molecule has 0 saturated carbocycles. The monoisotopic (exact) mass is 203 g/mol. The molecule has 0 bridgehead atoms. The molecule has 0 aromatic heterocycles. The Hall–Kier alpha value is 0.250. The van der Waals surface area contributed by atoms with Gasteiger partial charge in [0, 0.05) is 5.38 Å². The summed E-state index contributed by atoms with van der Waals surface area (Å²) in [7, 11) is 0. The quantitative estimate of drug-likeness (QED) is 0.634. The van der Waals surface area contributed by atoms with E-state index in [0.717, 1.165) is 12.8 Å². The van der Waals surface area contributed by atoms with E-state index in [1.54, 1.807) is 0 Å². The van der Waals surface area contributed by atoms with Gasteiger partial charge in [0.2, 0.25) is 0 Å². The Bertz CT molecular complexity index is 119. The summed E-state index contributed by atoms with van der Waals surface area (Å²) in [6, 6.07) is 0. The average molecular weight is 204 g/mol. The van der Waals surface area contributed by atoms with E-state index in [2.05, 4.69) is 11.8 Å². The Kier molecular flexibility index (Phi) is 5.81. The van der Waals surface area contributed by atoms with Gasteiger partial charge in [-0.1, -0.05) is 19.8 Å². The van der Waals surface area contributed by atoms with Crippen LogP contribution >= 0.6 is 11.6 Å². The fourth-order valence-electron chi connectivity index (χ4n) is 1.89. The van der Waals surface area contributed by atoms with Crippen molar-refractivity contribution >= 4 is 11.6 Å². The molecule has 0 amide bonds. The van der Waals surface area contributed by atoms with Crippen molar-refractivity contribution in [3.63, 3.8) is 0 Å². The maximum atomic E-state index is 6.10. The number of alkyl halides is 1. The molecule has 1 atom stereocenters. The summed E-state index contributed by atoms with van der Waals surface area (Å²) in [6.07, 6.45) is 7.90. The Morgan fingerprint density at radius 1 is 1.15 bits per heavy atom. The minimum absolute atomic E-state index is 0.392. The maximum Gasteiger partial charge on any atom is 0.0345 e. The molecular formula is C11H22ClN. The first-order valence-electron chi connectivity index (χ1n) is 5.69.